The van der Waals surface area contributed by atoms with Crippen LogP contribution in [-0.4, -0.2) is 11.0 Å². The Hall–Kier alpha value is -2.97. The number of nitriles is 1. The Balaban J connectivity index is 1.97. The first-order chi connectivity index (χ1) is 11.5. The first-order valence-corrected chi connectivity index (χ1v) is 7.85. The standard InChI is InChI=1S/C19H15N3OS/c1-12-4-3-5-13(2)17(12)22-18(23)16(21-19(22)24)10-14-6-8-15(11-20)9-7-14/h3-10H,1-2H3,(H,21,24)/b16-10+. The van der Waals surface area contributed by atoms with Gasteiger partial charge in [0, 0.05) is 0 Å². The summed E-state index contributed by atoms with van der Waals surface area (Å²) in [6, 6.07) is 15.0. The molecule has 1 aliphatic rings. The molecule has 0 saturated carbocycles. The number of nitrogens with zero attached hydrogens (tertiary/aromatic N) is 2. The quantitative estimate of drug-likeness (QED) is 0.676. The first-order valence-electron chi connectivity index (χ1n) is 7.45. The summed E-state index contributed by atoms with van der Waals surface area (Å²) in [5.74, 6) is -0.179. The molecule has 4 nitrogen and oxygen atoms in total. The maximum absolute atomic E-state index is 12.8. The van der Waals surface area contributed by atoms with Crippen LogP contribution in [0.15, 0.2) is 48.2 Å². The average Bonchev–Trinajstić information content (AvgIpc) is 2.83. The molecule has 1 amide bonds. The molecule has 3 rings (SSSR count). The third-order valence-corrected chi connectivity index (χ3v) is 4.18. The third kappa shape index (κ3) is 2.80. The van der Waals surface area contributed by atoms with Crippen LogP contribution < -0.4 is 10.2 Å². The molecule has 0 aromatic heterocycles. The number of benzene rings is 2. The van der Waals surface area contributed by atoms with Crippen molar-refractivity contribution in [1.29, 1.82) is 5.26 Å². The number of carbonyl (C=O) groups is 1. The molecule has 0 bridgehead atoms. The van der Waals surface area contributed by atoms with Crippen molar-refractivity contribution in [2.75, 3.05) is 4.90 Å². The van der Waals surface area contributed by atoms with Crippen LogP contribution in [0.3, 0.4) is 0 Å². The second-order valence-electron chi connectivity index (χ2n) is 5.60. The minimum absolute atomic E-state index is 0.179. The van der Waals surface area contributed by atoms with Crippen LogP contribution in [0.5, 0.6) is 0 Å². The molecule has 2 aromatic rings. The molecule has 24 heavy (non-hydrogen) atoms. The summed E-state index contributed by atoms with van der Waals surface area (Å²) in [5, 5.41) is 12.2. The fourth-order valence-corrected chi connectivity index (χ4v) is 3.00. The predicted octanol–water partition coefficient (Wildman–Crippen LogP) is 3.44. The van der Waals surface area contributed by atoms with E-state index in [0.717, 1.165) is 22.4 Å². The number of hydrogen-bond acceptors (Lipinski definition) is 3. The van der Waals surface area contributed by atoms with Crippen molar-refractivity contribution in [1.82, 2.24) is 5.32 Å². The van der Waals surface area contributed by atoms with Gasteiger partial charge in [-0.1, -0.05) is 30.3 Å². The molecule has 118 valence electrons. The van der Waals surface area contributed by atoms with Gasteiger partial charge in [-0.3, -0.25) is 9.69 Å². The normalized spacial score (nSPS) is 15.5. The molecule has 0 atom stereocenters. The van der Waals surface area contributed by atoms with E-state index in [9.17, 15) is 4.79 Å². The Morgan fingerprint density at radius 1 is 1.12 bits per heavy atom. The highest BCUT2D eigenvalue weighted by Gasteiger charge is 2.33. The van der Waals surface area contributed by atoms with Crippen molar-refractivity contribution in [3.05, 3.63) is 70.4 Å². The van der Waals surface area contributed by atoms with E-state index in [2.05, 4.69) is 11.4 Å². The molecule has 5 heteroatoms. The summed E-state index contributed by atoms with van der Waals surface area (Å²) in [6.45, 7) is 3.92. The first kappa shape index (κ1) is 15.9. The van der Waals surface area contributed by atoms with Gasteiger partial charge in [0.25, 0.3) is 5.91 Å². The lowest BCUT2D eigenvalue weighted by Crippen LogP contribution is -2.31. The summed E-state index contributed by atoms with van der Waals surface area (Å²) in [7, 11) is 0. The lowest BCUT2D eigenvalue weighted by Gasteiger charge is -2.19. The highest BCUT2D eigenvalue weighted by Crippen LogP contribution is 2.29. The van der Waals surface area contributed by atoms with E-state index in [1.165, 1.54) is 4.90 Å². The molecule has 0 spiro atoms. The molecule has 1 saturated heterocycles. The molecule has 0 radical (unpaired) electrons. The number of anilines is 1. The van der Waals surface area contributed by atoms with Gasteiger partial charge < -0.3 is 5.32 Å². The Morgan fingerprint density at radius 3 is 2.33 bits per heavy atom. The number of hydrogen-bond donors (Lipinski definition) is 1. The molecular weight excluding hydrogens is 318 g/mol. The van der Waals surface area contributed by atoms with Gasteiger partial charge in [0.15, 0.2) is 5.11 Å². The molecule has 0 unspecified atom stereocenters. The van der Waals surface area contributed by atoms with Gasteiger partial charge in [-0.05, 0) is 61.0 Å². The summed E-state index contributed by atoms with van der Waals surface area (Å²) < 4.78 is 0. The van der Waals surface area contributed by atoms with Crippen LogP contribution >= 0.6 is 12.2 Å². The summed E-state index contributed by atoms with van der Waals surface area (Å²) in [5.41, 5.74) is 4.64. The number of aryl methyl sites for hydroxylation is 2. The summed E-state index contributed by atoms with van der Waals surface area (Å²) in [6.07, 6.45) is 1.74. The van der Waals surface area contributed by atoms with E-state index in [0.29, 0.717) is 16.4 Å². The van der Waals surface area contributed by atoms with Crippen LogP contribution in [0.25, 0.3) is 6.08 Å². The van der Waals surface area contributed by atoms with Crippen LogP contribution in [0.1, 0.15) is 22.3 Å². The number of rotatable bonds is 2. The van der Waals surface area contributed by atoms with Crippen LogP contribution in [0, 0.1) is 25.2 Å². The zero-order valence-corrected chi connectivity index (χ0v) is 14.1. The van der Waals surface area contributed by atoms with Gasteiger partial charge in [-0.2, -0.15) is 5.26 Å². The van der Waals surface area contributed by atoms with Gasteiger partial charge in [0.1, 0.15) is 5.70 Å². The predicted molar refractivity (Wildman–Crippen MR) is 98.3 cm³/mol. The Kier molecular flexibility index (Phi) is 4.15. The van der Waals surface area contributed by atoms with Crippen molar-refractivity contribution in [3.8, 4) is 6.07 Å². The molecule has 1 fully saturated rings. The van der Waals surface area contributed by atoms with E-state index < -0.39 is 0 Å². The third-order valence-electron chi connectivity index (χ3n) is 3.89. The lowest BCUT2D eigenvalue weighted by atomic mass is 10.1. The molecular formula is C19H15N3OS. The summed E-state index contributed by atoms with van der Waals surface area (Å²) >= 11 is 5.36. The highest BCUT2D eigenvalue weighted by molar-refractivity contribution is 7.80. The molecule has 0 aliphatic carbocycles. The van der Waals surface area contributed by atoms with Gasteiger partial charge in [-0.15, -0.1) is 0 Å². The zero-order chi connectivity index (χ0) is 17.3. The second kappa shape index (κ2) is 6.26. The topological polar surface area (TPSA) is 56.1 Å². The van der Waals surface area contributed by atoms with E-state index in [-0.39, 0.29) is 5.91 Å². The van der Waals surface area contributed by atoms with E-state index >= 15 is 0 Å². The van der Waals surface area contributed by atoms with Crippen LogP contribution in [0.4, 0.5) is 5.69 Å². The number of carbonyl (C=O) groups excluding carboxylic acids is 1. The van der Waals surface area contributed by atoms with E-state index in [1.54, 1.807) is 30.3 Å². The SMILES string of the molecule is Cc1cccc(C)c1N1C(=O)/C(=C\c2ccc(C#N)cc2)NC1=S. The van der Waals surface area contributed by atoms with Gasteiger partial charge >= 0.3 is 0 Å². The van der Waals surface area contributed by atoms with Crippen molar-refractivity contribution in [3.63, 3.8) is 0 Å². The fourth-order valence-electron chi connectivity index (χ4n) is 2.72. The second-order valence-corrected chi connectivity index (χ2v) is 5.99. The molecule has 1 N–H and O–H groups in total. The monoisotopic (exact) mass is 333 g/mol. The number of thiocarbonyl (C=S) groups is 1. The lowest BCUT2D eigenvalue weighted by molar-refractivity contribution is -0.113. The largest absolute Gasteiger partial charge is 0.327 e. The average molecular weight is 333 g/mol. The highest BCUT2D eigenvalue weighted by atomic mass is 32.1. The number of para-hydroxylation sites is 1. The van der Waals surface area contributed by atoms with Gasteiger partial charge in [0.2, 0.25) is 0 Å². The Bertz CT molecular complexity index is 887. The zero-order valence-electron chi connectivity index (χ0n) is 13.3. The summed E-state index contributed by atoms with van der Waals surface area (Å²) in [4.78, 5) is 14.3. The Morgan fingerprint density at radius 2 is 1.75 bits per heavy atom. The van der Waals surface area contributed by atoms with Crippen molar-refractivity contribution >= 4 is 35.0 Å². The van der Waals surface area contributed by atoms with Crippen LogP contribution in [0.2, 0.25) is 0 Å². The maximum atomic E-state index is 12.8. The number of nitrogens with one attached hydrogen (secondary N) is 1. The smallest absolute Gasteiger partial charge is 0.281 e. The van der Waals surface area contributed by atoms with Crippen molar-refractivity contribution < 1.29 is 4.79 Å². The van der Waals surface area contributed by atoms with Crippen molar-refractivity contribution in [2.24, 2.45) is 0 Å². The number of amides is 1. The minimum atomic E-state index is -0.179. The molecule has 1 aliphatic heterocycles. The minimum Gasteiger partial charge on any atom is -0.327 e. The van der Waals surface area contributed by atoms with E-state index in [1.807, 2.05) is 32.0 Å². The maximum Gasteiger partial charge on any atom is 0.281 e. The van der Waals surface area contributed by atoms with Gasteiger partial charge in [-0.25, -0.2) is 0 Å². The van der Waals surface area contributed by atoms with Crippen LogP contribution in [-0.2, 0) is 4.79 Å². The fraction of sp³-hybridized carbons (Fsp3) is 0.105. The van der Waals surface area contributed by atoms with E-state index in [4.69, 9.17) is 17.5 Å². The molecule has 2 aromatic carbocycles. The molecule has 1 heterocycles. The van der Waals surface area contributed by atoms with Gasteiger partial charge in [0.05, 0.1) is 17.3 Å². The Labute approximate surface area is 146 Å². The van der Waals surface area contributed by atoms with Crippen molar-refractivity contribution in [2.45, 2.75) is 13.8 Å².